The first-order valence-electron chi connectivity index (χ1n) is 11.6. The number of hydrogen-bond donors (Lipinski definition) is 0. The molecule has 0 bridgehead atoms. The number of carbonyl (C=O) groups excluding carboxylic acids is 2. The van der Waals surface area contributed by atoms with Crippen LogP contribution < -0.4 is 4.74 Å². The molecule has 2 heterocycles. The second kappa shape index (κ2) is 10.6. The number of aryl methyl sites for hydroxylation is 1. The van der Waals surface area contributed by atoms with Gasteiger partial charge in [0.1, 0.15) is 5.75 Å². The molecule has 170 valence electrons. The maximum absolute atomic E-state index is 13.0. The molecule has 0 aromatic heterocycles. The number of para-hydroxylation sites is 1. The molecule has 4 rings (SSSR count). The highest BCUT2D eigenvalue weighted by Gasteiger charge is 2.36. The van der Waals surface area contributed by atoms with E-state index >= 15 is 0 Å². The van der Waals surface area contributed by atoms with Gasteiger partial charge in [0.25, 0.3) is 0 Å². The predicted molar refractivity (Wildman–Crippen MR) is 124 cm³/mol. The van der Waals surface area contributed by atoms with Crippen LogP contribution in [-0.2, 0) is 22.6 Å². The quantitative estimate of drug-likeness (QED) is 0.671. The third kappa shape index (κ3) is 5.30. The molecule has 32 heavy (non-hydrogen) atoms. The van der Waals surface area contributed by atoms with E-state index in [0.29, 0.717) is 25.9 Å². The topological polar surface area (TPSA) is 53.1 Å². The molecule has 0 saturated carbocycles. The Kier molecular flexibility index (Phi) is 7.43. The van der Waals surface area contributed by atoms with E-state index in [1.54, 1.807) is 7.11 Å². The number of hydrogen-bond acceptors (Lipinski definition) is 4. The zero-order chi connectivity index (χ0) is 22.3. The van der Waals surface area contributed by atoms with Gasteiger partial charge in [-0.3, -0.25) is 14.5 Å². The molecule has 0 spiro atoms. The van der Waals surface area contributed by atoms with Gasteiger partial charge in [0.2, 0.25) is 11.8 Å². The number of benzene rings is 2. The number of methoxy groups -OCH3 is 1. The van der Waals surface area contributed by atoms with Crippen LogP contribution in [-0.4, -0.2) is 72.4 Å². The van der Waals surface area contributed by atoms with Crippen molar-refractivity contribution in [3.8, 4) is 5.75 Å². The van der Waals surface area contributed by atoms with Crippen molar-refractivity contribution < 1.29 is 14.3 Å². The molecular weight excluding hydrogens is 402 g/mol. The van der Waals surface area contributed by atoms with E-state index in [1.165, 1.54) is 5.56 Å². The normalized spacial score (nSPS) is 19.8. The summed E-state index contributed by atoms with van der Waals surface area (Å²) in [6.07, 6.45) is 2.93. The molecule has 1 atom stereocenters. The summed E-state index contributed by atoms with van der Waals surface area (Å²) in [5.41, 5.74) is 2.24. The molecular formula is C26H33N3O3. The summed E-state index contributed by atoms with van der Waals surface area (Å²) in [5, 5.41) is 0. The summed E-state index contributed by atoms with van der Waals surface area (Å²) < 4.78 is 5.40. The van der Waals surface area contributed by atoms with E-state index in [2.05, 4.69) is 17.0 Å². The smallest absolute Gasteiger partial charge is 0.240 e. The van der Waals surface area contributed by atoms with Gasteiger partial charge in [-0.1, -0.05) is 48.5 Å². The van der Waals surface area contributed by atoms with Crippen molar-refractivity contribution in [2.45, 2.75) is 38.3 Å². The SMILES string of the molecule is COc1ccccc1CCC(=O)N1CCCN([C@@H]2CCN(Cc3ccccc3)C2=O)CC1. The third-order valence-electron chi connectivity index (χ3n) is 6.61. The zero-order valence-electron chi connectivity index (χ0n) is 18.9. The lowest BCUT2D eigenvalue weighted by Crippen LogP contribution is -2.44. The van der Waals surface area contributed by atoms with Gasteiger partial charge in [-0.05, 0) is 36.5 Å². The van der Waals surface area contributed by atoms with Crippen LogP contribution in [0.5, 0.6) is 5.75 Å². The maximum Gasteiger partial charge on any atom is 0.240 e. The Labute approximate surface area is 190 Å². The molecule has 2 aromatic rings. The van der Waals surface area contributed by atoms with E-state index in [-0.39, 0.29) is 17.9 Å². The van der Waals surface area contributed by atoms with E-state index < -0.39 is 0 Å². The predicted octanol–water partition coefficient (Wildman–Crippen LogP) is 2.96. The van der Waals surface area contributed by atoms with Crippen LogP contribution in [0.2, 0.25) is 0 Å². The molecule has 6 heteroatoms. The Morgan fingerprint density at radius 3 is 2.56 bits per heavy atom. The Balaban J connectivity index is 1.28. The Morgan fingerprint density at radius 1 is 0.969 bits per heavy atom. The maximum atomic E-state index is 13.0. The molecule has 0 radical (unpaired) electrons. The highest BCUT2D eigenvalue weighted by molar-refractivity contribution is 5.84. The Hall–Kier alpha value is -2.86. The minimum Gasteiger partial charge on any atom is -0.496 e. The van der Waals surface area contributed by atoms with Gasteiger partial charge in [0.05, 0.1) is 13.2 Å². The summed E-state index contributed by atoms with van der Waals surface area (Å²) in [4.78, 5) is 32.1. The van der Waals surface area contributed by atoms with Gasteiger partial charge >= 0.3 is 0 Å². The summed E-state index contributed by atoms with van der Waals surface area (Å²) >= 11 is 0. The summed E-state index contributed by atoms with van der Waals surface area (Å²) in [6, 6.07) is 18.0. The summed E-state index contributed by atoms with van der Waals surface area (Å²) in [5.74, 6) is 1.24. The monoisotopic (exact) mass is 435 g/mol. The fraction of sp³-hybridized carbons (Fsp3) is 0.462. The minimum absolute atomic E-state index is 0.0534. The van der Waals surface area contributed by atoms with E-state index in [4.69, 9.17) is 4.74 Å². The standard InChI is InChI=1S/C26H33N3O3/c1-32-24-11-6-5-10-22(24)12-13-25(30)28-16-7-15-27(18-19-28)23-14-17-29(26(23)31)20-21-8-3-2-4-9-21/h2-6,8-11,23H,7,12-20H2,1H3/t23-/m1/s1. The van der Waals surface area contributed by atoms with Crippen LogP contribution in [0.3, 0.4) is 0 Å². The van der Waals surface area contributed by atoms with Crippen molar-refractivity contribution in [2.75, 3.05) is 39.8 Å². The van der Waals surface area contributed by atoms with Crippen LogP contribution in [0.15, 0.2) is 54.6 Å². The second-order valence-electron chi connectivity index (χ2n) is 8.63. The first kappa shape index (κ1) is 22.3. The van der Waals surface area contributed by atoms with Crippen LogP contribution in [0, 0.1) is 0 Å². The molecule has 0 unspecified atom stereocenters. The van der Waals surface area contributed by atoms with E-state index in [1.807, 2.05) is 52.3 Å². The lowest BCUT2D eigenvalue weighted by molar-refractivity contribution is -0.132. The molecule has 2 aliphatic rings. The third-order valence-corrected chi connectivity index (χ3v) is 6.61. The first-order chi connectivity index (χ1) is 15.7. The largest absolute Gasteiger partial charge is 0.496 e. The van der Waals surface area contributed by atoms with Gasteiger partial charge in [-0.2, -0.15) is 0 Å². The van der Waals surface area contributed by atoms with Crippen molar-refractivity contribution in [2.24, 2.45) is 0 Å². The van der Waals surface area contributed by atoms with Gasteiger partial charge in [-0.25, -0.2) is 0 Å². The summed E-state index contributed by atoms with van der Waals surface area (Å²) in [6.45, 7) is 4.55. The van der Waals surface area contributed by atoms with Crippen LogP contribution in [0.1, 0.15) is 30.4 Å². The van der Waals surface area contributed by atoms with Crippen LogP contribution in [0.25, 0.3) is 0 Å². The minimum atomic E-state index is -0.0534. The molecule has 2 aliphatic heterocycles. The average Bonchev–Trinajstić information content (AvgIpc) is 3.02. The van der Waals surface area contributed by atoms with Crippen molar-refractivity contribution in [1.29, 1.82) is 0 Å². The van der Waals surface area contributed by atoms with Crippen molar-refractivity contribution in [3.63, 3.8) is 0 Å². The fourth-order valence-corrected chi connectivity index (χ4v) is 4.83. The number of likely N-dealkylation sites (tertiary alicyclic amines) is 1. The van der Waals surface area contributed by atoms with Crippen LogP contribution in [0.4, 0.5) is 0 Å². The lowest BCUT2D eigenvalue weighted by Gasteiger charge is -2.26. The molecule has 2 fully saturated rings. The summed E-state index contributed by atoms with van der Waals surface area (Å²) in [7, 11) is 1.66. The second-order valence-corrected chi connectivity index (χ2v) is 8.63. The van der Waals surface area contributed by atoms with Crippen LogP contribution >= 0.6 is 0 Å². The lowest BCUT2D eigenvalue weighted by atomic mass is 10.1. The Morgan fingerprint density at radius 2 is 1.75 bits per heavy atom. The molecule has 6 nitrogen and oxygen atoms in total. The van der Waals surface area contributed by atoms with Gasteiger partial charge in [-0.15, -0.1) is 0 Å². The van der Waals surface area contributed by atoms with Crippen molar-refractivity contribution in [1.82, 2.24) is 14.7 Å². The number of nitrogens with zero attached hydrogens (tertiary/aromatic N) is 3. The molecule has 2 amide bonds. The van der Waals surface area contributed by atoms with Gasteiger partial charge < -0.3 is 14.5 Å². The molecule has 0 N–H and O–H groups in total. The average molecular weight is 436 g/mol. The zero-order valence-corrected chi connectivity index (χ0v) is 18.9. The first-order valence-corrected chi connectivity index (χ1v) is 11.6. The number of rotatable bonds is 7. The molecule has 2 saturated heterocycles. The highest BCUT2D eigenvalue weighted by atomic mass is 16.5. The van der Waals surface area contributed by atoms with Gasteiger partial charge in [0, 0.05) is 45.7 Å². The Bertz CT molecular complexity index is 918. The fourth-order valence-electron chi connectivity index (χ4n) is 4.83. The van der Waals surface area contributed by atoms with Crippen molar-refractivity contribution >= 4 is 11.8 Å². The molecule has 2 aromatic carbocycles. The number of amides is 2. The number of ether oxygens (including phenoxy) is 1. The van der Waals surface area contributed by atoms with Crippen molar-refractivity contribution in [3.05, 3.63) is 65.7 Å². The molecule has 0 aliphatic carbocycles. The number of carbonyl (C=O) groups is 2. The highest BCUT2D eigenvalue weighted by Crippen LogP contribution is 2.22. The van der Waals surface area contributed by atoms with E-state index in [0.717, 1.165) is 50.3 Å². The van der Waals surface area contributed by atoms with Gasteiger partial charge in [0.15, 0.2) is 0 Å². The van der Waals surface area contributed by atoms with E-state index in [9.17, 15) is 9.59 Å².